The highest BCUT2D eigenvalue weighted by Crippen LogP contribution is 2.57. The Hall–Kier alpha value is -3.50. The van der Waals surface area contributed by atoms with Gasteiger partial charge in [0.05, 0.1) is 26.1 Å². The van der Waals surface area contributed by atoms with Crippen LogP contribution in [0.3, 0.4) is 0 Å². The maximum absolute atomic E-state index is 15.0. The molecule has 10 heteroatoms. The van der Waals surface area contributed by atoms with Crippen LogP contribution in [0.1, 0.15) is 37.1 Å². The Morgan fingerprint density at radius 2 is 1.08 bits per heavy atom. The highest BCUT2D eigenvalue weighted by Gasteiger charge is 2.72. The summed E-state index contributed by atoms with van der Waals surface area (Å²) in [4.78, 5) is 55.0. The molecule has 2 heterocycles. The van der Waals surface area contributed by atoms with Crippen LogP contribution in [0.15, 0.2) is 48.5 Å². The maximum atomic E-state index is 15.0. The standard InChI is InChI=1S/C28H28F2N2O6/c1-27(25(35)37-3)19-17(21(31-27)13-9-5-7-11-15(13)29)23(33)18-20(24(19)34)28(2,26(36)38-4)32-22(18)14-10-6-8-12-16(14)30/h5-12,17-22,31-32H,1-4H3/t17-,18-,19-,20-,21-,22-,27-,28-/m0/s1. The molecule has 8 nitrogen and oxygen atoms in total. The molecular weight excluding hydrogens is 498 g/mol. The third-order valence-corrected chi connectivity index (χ3v) is 8.56. The monoisotopic (exact) mass is 526 g/mol. The second-order valence-corrected chi connectivity index (χ2v) is 10.5. The number of carbonyl (C=O) groups is 4. The molecule has 2 aromatic carbocycles. The Morgan fingerprint density at radius 1 is 0.711 bits per heavy atom. The van der Waals surface area contributed by atoms with E-state index in [1.54, 1.807) is 12.1 Å². The summed E-state index contributed by atoms with van der Waals surface area (Å²) < 4.78 is 40.1. The number of methoxy groups -OCH3 is 2. The molecule has 3 fully saturated rings. The third-order valence-electron chi connectivity index (χ3n) is 8.56. The van der Waals surface area contributed by atoms with Crippen molar-refractivity contribution >= 4 is 23.5 Å². The van der Waals surface area contributed by atoms with Gasteiger partial charge in [0.2, 0.25) is 0 Å². The third kappa shape index (κ3) is 3.46. The fourth-order valence-corrected chi connectivity index (χ4v) is 6.90. The maximum Gasteiger partial charge on any atom is 0.326 e. The zero-order valence-corrected chi connectivity index (χ0v) is 21.3. The molecule has 0 spiro atoms. The molecule has 1 aliphatic carbocycles. The molecular formula is C28H28F2N2O6. The normalized spacial score (nSPS) is 35.9. The second-order valence-electron chi connectivity index (χ2n) is 10.5. The lowest BCUT2D eigenvalue weighted by Gasteiger charge is -2.41. The quantitative estimate of drug-likeness (QED) is 0.585. The minimum absolute atomic E-state index is 0.110. The van der Waals surface area contributed by atoms with Crippen LogP contribution in [-0.2, 0) is 28.7 Å². The van der Waals surface area contributed by atoms with Gasteiger partial charge in [0.25, 0.3) is 0 Å². The van der Waals surface area contributed by atoms with Crippen LogP contribution in [0, 0.1) is 35.3 Å². The highest BCUT2D eigenvalue weighted by atomic mass is 19.1. The van der Waals surface area contributed by atoms with Gasteiger partial charge in [-0.15, -0.1) is 0 Å². The number of Topliss-reactive ketones (excluding diaryl/α,β-unsaturated/α-hetero) is 2. The fraction of sp³-hybridized carbons (Fsp3) is 0.429. The summed E-state index contributed by atoms with van der Waals surface area (Å²) in [6.07, 6.45) is 0. The smallest absolute Gasteiger partial charge is 0.326 e. The summed E-state index contributed by atoms with van der Waals surface area (Å²) in [7, 11) is 2.31. The highest BCUT2D eigenvalue weighted by molar-refractivity contribution is 6.08. The number of carbonyl (C=O) groups excluding carboxylic acids is 4. The summed E-state index contributed by atoms with van der Waals surface area (Å²) in [6.45, 7) is 2.88. The molecule has 2 saturated heterocycles. The molecule has 3 aliphatic rings. The summed E-state index contributed by atoms with van der Waals surface area (Å²) >= 11 is 0. The largest absolute Gasteiger partial charge is 0.468 e. The van der Waals surface area contributed by atoms with E-state index >= 15 is 8.78 Å². The van der Waals surface area contributed by atoms with Gasteiger partial charge in [-0.25, -0.2) is 8.78 Å². The number of hydrogen-bond acceptors (Lipinski definition) is 8. The lowest BCUT2D eigenvalue weighted by Crippen LogP contribution is -2.61. The minimum Gasteiger partial charge on any atom is -0.468 e. The topological polar surface area (TPSA) is 111 Å². The van der Waals surface area contributed by atoms with Crippen LogP contribution in [0.5, 0.6) is 0 Å². The van der Waals surface area contributed by atoms with Gasteiger partial charge in [0, 0.05) is 35.0 Å². The molecule has 8 atom stereocenters. The Kier molecular flexibility index (Phi) is 6.23. The molecule has 38 heavy (non-hydrogen) atoms. The van der Waals surface area contributed by atoms with Crippen LogP contribution < -0.4 is 10.6 Å². The van der Waals surface area contributed by atoms with Crippen LogP contribution >= 0.6 is 0 Å². The van der Waals surface area contributed by atoms with E-state index in [1.807, 2.05) is 0 Å². The molecule has 0 aromatic heterocycles. The summed E-state index contributed by atoms with van der Waals surface area (Å²) in [5.41, 5.74) is -3.17. The van der Waals surface area contributed by atoms with E-state index in [0.717, 1.165) is 14.2 Å². The molecule has 0 bridgehead atoms. The molecule has 0 amide bonds. The predicted molar refractivity (Wildman–Crippen MR) is 129 cm³/mol. The number of ether oxygens (including phenoxy) is 2. The molecule has 200 valence electrons. The Labute approximate surface area is 218 Å². The number of esters is 2. The van der Waals surface area contributed by atoms with Gasteiger partial charge < -0.3 is 9.47 Å². The van der Waals surface area contributed by atoms with Crippen molar-refractivity contribution in [2.75, 3.05) is 14.2 Å². The molecule has 2 aromatic rings. The zero-order chi connectivity index (χ0) is 27.6. The number of hydrogen-bond donors (Lipinski definition) is 2. The van der Waals surface area contributed by atoms with Gasteiger partial charge in [0.1, 0.15) is 34.3 Å². The Balaban J connectivity index is 1.73. The van der Waals surface area contributed by atoms with Gasteiger partial charge in [-0.1, -0.05) is 36.4 Å². The van der Waals surface area contributed by atoms with E-state index in [0.29, 0.717) is 0 Å². The van der Waals surface area contributed by atoms with Crippen molar-refractivity contribution in [3.8, 4) is 0 Å². The fourth-order valence-electron chi connectivity index (χ4n) is 6.90. The molecule has 1 saturated carbocycles. The van der Waals surface area contributed by atoms with E-state index in [-0.39, 0.29) is 11.1 Å². The van der Waals surface area contributed by atoms with Crippen LogP contribution in [0.2, 0.25) is 0 Å². The van der Waals surface area contributed by atoms with Gasteiger partial charge >= 0.3 is 11.9 Å². The average Bonchev–Trinajstić information content (AvgIpc) is 3.41. The molecule has 2 aliphatic heterocycles. The Morgan fingerprint density at radius 3 is 1.42 bits per heavy atom. The van der Waals surface area contributed by atoms with Crippen molar-refractivity contribution in [1.82, 2.24) is 10.6 Å². The van der Waals surface area contributed by atoms with Crippen LogP contribution in [0.25, 0.3) is 0 Å². The SMILES string of the molecule is COC(=O)[C@@]1(C)N[C@@H](c2ccccc2F)[C@H]2C(=O)[C@H]3[C@@H](C(=O)[C@H]21)[C@@](C)(C(=O)OC)N[C@H]3c1ccccc1F. The number of benzene rings is 2. The van der Waals surface area contributed by atoms with E-state index in [2.05, 4.69) is 10.6 Å². The van der Waals surface area contributed by atoms with E-state index in [1.165, 1.54) is 50.2 Å². The number of rotatable bonds is 4. The van der Waals surface area contributed by atoms with Crippen LogP contribution in [0.4, 0.5) is 8.78 Å². The number of ketones is 2. The Bertz CT molecular complexity index is 1250. The first-order chi connectivity index (χ1) is 18.0. The van der Waals surface area contributed by atoms with Gasteiger partial charge in [0.15, 0.2) is 0 Å². The van der Waals surface area contributed by atoms with Gasteiger partial charge in [-0.05, 0) is 26.0 Å². The number of halogens is 2. The molecule has 2 N–H and O–H groups in total. The van der Waals surface area contributed by atoms with Crippen molar-refractivity contribution in [3.63, 3.8) is 0 Å². The summed E-state index contributed by atoms with van der Waals surface area (Å²) in [5, 5.41) is 6.07. The van der Waals surface area contributed by atoms with Crippen molar-refractivity contribution in [1.29, 1.82) is 0 Å². The second kappa shape index (κ2) is 9.06. The molecule has 0 unspecified atom stereocenters. The summed E-state index contributed by atoms with van der Waals surface area (Å²) in [5.74, 6) is -8.80. The first-order valence-electron chi connectivity index (χ1n) is 12.3. The van der Waals surface area contributed by atoms with Crippen molar-refractivity contribution in [3.05, 3.63) is 71.3 Å². The minimum atomic E-state index is -1.70. The number of nitrogens with one attached hydrogen (secondary N) is 2. The lowest BCUT2D eigenvalue weighted by molar-refractivity contribution is -0.160. The van der Waals surface area contributed by atoms with Gasteiger partial charge in [-0.2, -0.15) is 0 Å². The van der Waals surface area contributed by atoms with Crippen molar-refractivity contribution < 1.29 is 37.4 Å². The first kappa shape index (κ1) is 26.1. The lowest BCUT2D eigenvalue weighted by atomic mass is 9.58. The van der Waals surface area contributed by atoms with Crippen molar-refractivity contribution in [2.24, 2.45) is 23.7 Å². The first-order valence-corrected chi connectivity index (χ1v) is 12.3. The van der Waals surface area contributed by atoms with E-state index in [4.69, 9.17) is 9.47 Å². The molecule has 5 rings (SSSR count). The van der Waals surface area contributed by atoms with E-state index in [9.17, 15) is 19.2 Å². The molecule has 0 radical (unpaired) electrons. The predicted octanol–water partition coefficient (Wildman–Crippen LogP) is 2.43. The van der Waals surface area contributed by atoms with Crippen LogP contribution in [-0.4, -0.2) is 48.8 Å². The van der Waals surface area contributed by atoms with Crippen molar-refractivity contribution in [2.45, 2.75) is 37.0 Å². The average molecular weight is 527 g/mol. The van der Waals surface area contributed by atoms with E-state index < -0.39 is 82.0 Å². The zero-order valence-electron chi connectivity index (χ0n) is 21.3. The summed E-state index contributed by atoms with van der Waals surface area (Å²) in [6, 6.07) is 9.49. The number of fused-ring (bicyclic) bond motifs is 2. The van der Waals surface area contributed by atoms with Gasteiger partial charge in [-0.3, -0.25) is 29.8 Å².